The second-order valence-electron chi connectivity index (χ2n) is 5.32. The Hall–Kier alpha value is -3.75. The normalized spacial score (nSPS) is 10.3. The van der Waals surface area contributed by atoms with Gasteiger partial charge in [0.2, 0.25) is 0 Å². The van der Waals surface area contributed by atoms with E-state index >= 15 is 0 Å². The van der Waals surface area contributed by atoms with Gasteiger partial charge in [-0.3, -0.25) is 24.6 Å². The minimum absolute atomic E-state index is 0.0368. The zero-order valence-electron chi connectivity index (χ0n) is 13.6. The van der Waals surface area contributed by atoms with E-state index in [0.717, 1.165) is 5.56 Å². The van der Waals surface area contributed by atoms with E-state index in [1.807, 2.05) is 12.1 Å². The number of ether oxygens (including phenoxy) is 1. The number of nitro benzene ring substituents is 1. The summed E-state index contributed by atoms with van der Waals surface area (Å²) < 4.78 is 6.90. The zero-order chi connectivity index (χ0) is 18.4. The number of hydrogen-bond acceptors (Lipinski definition) is 6. The number of anilines is 1. The van der Waals surface area contributed by atoms with Crippen LogP contribution in [-0.2, 0) is 11.3 Å². The van der Waals surface area contributed by atoms with Gasteiger partial charge in [-0.2, -0.15) is 5.10 Å². The lowest BCUT2D eigenvalue weighted by atomic mass is 10.3. The van der Waals surface area contributed by atoms with Gasteiger partial charge in [-0.15, -0.1) is 0 Å². The van der Waals surface area contributed by atoms with Crippen LogP contribution >= 0.6 is 0 Å². The molecule has 0 aliphatic heterocycles. The number of nitrogens with zero attached hydrogens (tertiary/aromatic N) is 4. The number of pyridine rings is 1. The maximum atomic E-state index is 12.0. The summed E-state index contributed by atoms with van der Waals surface area (Å²) in [6.45, 7) is 0.163. The first-order valence-electron chi connectivity index (χ1n) is 7.70. The summed E-state index contributed by atoms with van der Waals surface area (Å²) in [4.78, 5) is 26.4. The van der Waals surface area contributed by atoms with Gasteiger partial charge >= 0.3 is 5.69 Å². The molecule has 2 aromatic heterocycles. The minimum atomic E-state index is -0.562. The number of rotatable bonds is 7. The van der Waals surface area contributed by atoms with Crippen LogP contribution in [0.4, 0.5) is 11.5 Å². The molecule has 0 unspecified atom stereocenters. The van der Waals surface area contributed by atoms with E-state index in [0.29, 0.717) is 12.4 Å². The SMILES string of the molecule is O=C(COc1ccccc1[N+](=O)[O-])Nc1ccn(Cc2cccnc2)n1. The van der Waals surface area contributed by atoms with Crippen LogP contribution < -0.4 is 10.1 Å². The maximum Gasteiger partial charge on any atom is 0.310 e. The number of para-hydroxylation sites is 2. The second kappa shape index (κ2) is 7.88. The molecule has 0 atom stereocenters. The van der Waals surface area contributed by atoms with Crippen molar-refractivity contribution in [2.24, 2.45) is 0 Å². The molecule has 1 aromatic carbocycles. The summed E-state index contributed by atoms with van der Waals surface area (Å²) in [5.74, 6) is -0.0606. The lowest BCUT2D eigenvalue weighted by molar-refractivity contribution is -0.385. The third kappa shape index (κ3) is 4.41. The molecule has 0 saturated carbocycles. The molecule has 132 valence electrons. The maximum absolute atomic E-state index is 12.0. The van der Waals surface area contributed by atoms with E-state index in [2.05, 4.69) is 15.4 Å². The number of nitro groups is 1. The first-order chi connectivity index (χ1) is 12.6. The van der Waals surface area contributed by atoms with Gasteiger partial charge < -0.3 is 10.1 Å². The molecule has 3 rings (SSSR count). The summed E-state index contributed by atoms with van der Waals surface area (Å²) in [7, 11) is 0. The van der Waals surface area contributed by atoms with Crippen LogP contribution in [-0.4, -0.2) is 32.2 Å². The fraction of sp³-hybridized carbons (Fsp3) is 0.118. The van der Waals surface area contributed by atoms with Crippen molar-refractivity contribution in [1.82, 2.24) is 14.8 Å². The number of aromatic nitrogens is 3. The summed E-state index contributed by atoms with van der Waals surface area (Å²) >= 11 is 0. The predicted molar refractivity (Wildman–Crippen MR) is 92.8 cm³/mol. The molecule has 0 aliphatic rings. The topological polar surface area (TPSA) is 112 Å². The number of benzene rings is 1. The fourth-order valence-corrected chi connectivity index (χ4v) is 2.25. The number of hydrogen-bond donors (Lipinski definition) is 1. The second-order valence-corrected chi connectivity index (χ2v) is 5.32. The van der Waals surface area contributed by atoms with Gasteiger partial charge in [0, 0.05) is 30.7 Å². The Balaban J connectivity index is 1.55. The highest BCUT2D eigenvalue weighted by atomic mass is 16.6. The van der Waals surface area contributed by atoms with Crippen molar-refractivity contribution in [3.63, 3.8) is 0 Å². The molecule has 26 heavy (non-hydrogen) atoms. The van der Waals surface area contributed by atoms with Crippen molar-refractivity contribution in [3.05, 3.63) is 76.7 Å². The molecule has 9 heteroatoms. The third-order valence-electron chi connectivity index (χ3n) is 3.40. The van der Waals surface area contributed by atoms with Gasteiger partial charge in [-0.25, -0.2) is 0 Å². The van der Waals surface area contributed by atoms with Crippen LogP contribution in [0.2, 0.25) is 0 Å². The molecule has 0 bridgehead atoms. The van der Waals surface area contributed by atoms with Crippen molar-refractivity contribution < 1.29 is 14.5 Å². The first-order valence-corrected chi connectivity index (χ1v) is 7.70. The van der Waals surface area contributed by atoms with Gasteiger partial charge in [0.25, 0.3) is 5.91 Å². The van der Waals surface area contributed by atoms with E-state index in [4.69, 9.17) is 4.74 Å². The molecule has 1 N–H and O–H groups in total. The molecule has 9 nitrogen and oxygen atoms in total. The average molecular weight is 353 g/mol. The van der Waals surface area contributed by atoms with Crippen molar-refractivity contribution in [2.45, 2.75) is 6.54 Å². The zero-order valence-corrected chi connectivity index (χ0v) is 13.6. The van der Waals surface area contributed by atoms with Crippen LogP contribution in [0.15, 0.2) is 61.1 Å². The van der Waals surface area contributed by atoms with Gasteiger partial charge in [-0.1, -0.05) is 18.2 Å². The molecular weight excluding hydrogens is 338 g/mol. The molecule has 0 spiro atoms. The van der Waals surface area contributed by atoms with Gasteiger partial charge in [-0.05, 0) is 17.7 Å². The van der Waals surface area contributed by atoms with Crippen LogP contribution in [0.3, 0.4) is 0 Å². The van der Waals surface area contributed by atoms with Crippen molar-refractivity contribution in [1.29, 1.82) is 0 Å². The van der Waals surface area contributed by atoms with E-state index in [1.54, 1.807) is 35.4 Å². The van der Waals surface area contributed by atoms with Crippen LogP contribution in [0.1, 0.15) is 5.56 Å². The Bertz CT molecular complexity index is 910. The summed E-state index contributed by atoms with van der Waals surface area (Å²) in [6.07, 6.45) is 5.15. The standard InChI is InChI=1S/C17H15N5O4/c23-17(12-26-15-6-2-1-5-14(15)22(24)25)19-16-7-9-21(20-16)11-13-4-3-8-18-10-13/h1-10H,11-12H2,(H,19,20,23). The van der Waals surface area contributed by atoms with Crippen LogP contribution in [0.5, 0.6) is 5.75 Å². The molecule has 0 saturated heterocycles. The Morgan fingerprint density at radius 2 is 2.08 bits per heavy atom. The first kappa shape index (κ1) is 17.1. The summed E-state index contributed by atoms with van der Waals surface area (Å²) in [5.41, 5.74) is 0.786. The molecular formula is C17H15N5O4. The van der Waals surface area contributed by atoms with Crippen molar-refractivity contribution >= 4 is 17.4 Å². The van der Waals surface area contributed by atoms with Crippen LogP contribution in [0, 0.1) is 10.1 Å². The van der Waals surface area contributed by atoms with E-state index in [-0.39, 0.29) is 18.0 Å². The quantitative estimate of drug-likeness (QED) is 0.515. The van der Waals surface area contributed by atoms with E-state index < -0.39 is 10.8 Å². The van der Waals surface area contributed by atoms with Gasteiger partial charge in [0.1, 0.15) is 0 Å². The van der Waals surface area contributed by atoms with Gasteiger partial charge in [0.15, 0.2) is 18.2 Å². The monoisotopic (exact) mass is 353 g/mol. The number of amides is 1. The summed E-state index contributed by atoms with van der Waals surface area (Å²) in [6, 6.07) is 11.3. The summed E-state index contributed by atoms with van der Waals surface area (Å²) in [5, 5.41) is 17.7. The Morgan fingerprint density at radius 3 is 2.85 bits per heavy atom. The van der Waals surface area contributed by atoms with E-state index in [9.17, 15) is 14.9 Å². The Labute approximate surface area is 148 Å². The van der Waals surface area contributed by atoms with E-state index in [1.165, 1.54) is 18.2 Å². The molecule has 0 radical (unpaired) electrons. The lowest BCUT2D eigenvalue weighted by Crippen LogP contribution is -2.20. The molecule has 1 amide bonds. The molecule has 0 fully saturated rings. The highest BCUT2D eigenvalue weighted by molar-refractivity contribution is 5.90. The van der Waals surface area contributed by atoms with Crippen molar-refractivity contribution in [3.8, 4) is 5.75 Å². The highest BCUT2D eigenvalue weighted by Crippen LogP contribution is 2.25. The Kier molecular flexibility index (Phi) is 5.18. The molecule has 0 aliphatic carbocycles. The number of carbonyl (C=O) groups excluding carboxylic acids is 1. The lowest BCUT2D eigenvalue weighted by Gasteiger charge is -2.06. The number of nitrogens with one attached hydrogen (secondary N) is 1. The van der Waals surface area contributed by atoms with Crippen molar-refractivity contribution in [2.75, 3.05) is 11.9 Å². The third-order valence-corrected chi connectivity index (χ3v) is 3.40. The highest BCUT2D eigenvalue weighted by Gasteiger charge is 2.15. The van der Waals surface area contributed by atoms with Crippen LogP contribution in [0.25, 0.3) is 0 Å². The number of carbonyl (C=O) groups is 1. The Morgan fingerprint density at radius 1 is 1.23 bits per heavy atom. The smallest absolute Gasteiger partial charge is 0.310 e. The predicted octanol–water partition coefficient (Wildman–Crippen LogP) is 2.25. The van der Waals surface area contributed by atoms with Gasteiger partial charge in [0.05, 0.1) is 11.5 Å². The largest absolute Gasteiger partial charge is 0.477 e. The minimum Gasteiger partial charge on any atom is -0.477 e. The fourth-order valence-electron chi connectivity index (χ4n) is 2.25. The molecule has 2 heterocycles. The molecule has 3 aromatic rings. The average Bonchev–Trinajstić information content (AvgIpc) is 3.07.